The lowest BCUT2D eigenvalue weighted by atomic mass is 10.3. The monoisotopic (exact) mass is 242 g/mol. The highest BCUT2D eigenvalue weighted by Gasteiger charge is 2.19. The third-order valence-corrected chi connectivity index (χ3v) is 2.65. The highest BCUT2D eigenvalue weighted by Crippen LogP contribution is 2.13. The highest BCUT2D eigenvalue weighted by molar-refractivity contribution is 7.08. The van der Waals surface area contributed by atoms with Crippen LogP contribution in [0.15, 0.2) is 16.8 Å². The van der Waals surface area contributed by atoms with E-state index in [2.05, 4.69) is 5.32 Å². The second-order valence-corrected chi connectivity index (χ2v) is 4.34. The molecule has 2 amide bonds. The summed E-state index contributed by atoms with van der Waals surface area (Å²) in [5, 5.41) is 15.0. The fourth-order valence-electron chi connectivity index (χ4n) is 1.17. The van der Waals surface area contributed by atoms with Crippen molar-refractivity contribution in [1.82, 2.24) is 4.90 Å². The van der Waals surface area contributed by atoms with E-state index in [0.717, 1.165) is 0 Å². The summed E-state index contributed by atoms with van der Waals surface area (Å²) in [6, 6.07) is 1.22. The molecule has 0 saturated carbocycles. The van der Waals surface area contributed by atoms with Gasteiger partial charge in [-0.3, -0.25) is 4.79 Å². The van der Waals surface area contributed by atoms with E-state index in [9.17, 15) is 9.59 Å². The van der Waals surface area contributed by atoms with Crippen molar-refractivity contribution in [2.45, 2.75) is 19.9 Å². The van der Waals surface area contributed by atoms with Crippen LogP contribution in [-0.4, -0.2) is 34.6 Å². The van der Waals surface area contributed by atoms with Crippen LogP contribution in [-0.2, 0) is 4.79 Å². The second kappa shape index (κ2) is 5.50. The molecule has 0 unspecified atom stereocenters. The number of thiophene rings is 1. The summed E-state index contributed by atoms with van der Waals surface area (Å²) < 4.78 is 0. The standard InChI is InChI=1S/C10H14N2O3S/c1-7(2)12(5-9(13)14)10(15)11-8-3-4-16-6-8/h3-4,6-7H,5H2,1-2H3,(H,11,15)(H,13,14). The van der Waals surface area contributed by atoms with Crippen LogP contribution in [0.3, 0.4) is 0 Å². The number of hydrogen-bond donors (Lipinski definition) is 2. The van der Waals surface area contributed by atoms with E-state index in [1.165, 1.54) is 16.2 Å². The third-order valence-electron chi connectivity index (χ3n) is 1.96. The molecule has 6 heteroatoms. The van der Waals surface area contributed by atoms with Crippen LogP contribution in [0.25, 0.3) is 0 Å². The summed E-state index contributed by atoms with van der Waals surface area (Å²) in [7, 11) is 0. The second-order valence-electron chi connectivity index (χ2n) is 3.56. The van der Waals surface area contributed by atoms with Gasteiger partial charge in [-0.2, -0.15) is 11.3 Å². The minimum Gasteiger partial charge on any atom is -0.480 e. The van der Waals surface area contributed by atoms with Gasteiger partial charge in [0.1, 0.15) is 6.54 Å². The smallest absolute Gasteiger partial charge is 0.323 e. The summed E-state index contributed by atoms with van der Waals surface area (Å²) in [5.41, 5.74) is 0.686. The van der Waals surface area contributed by atoms with Crippen LogP contribution in [0, 0.1) is 0 Å². The molecule has 1 heterocycles. The quantitative estimate of drug-likeness (QED) is 0.849. The van der Waals surface area contributed by atoms with Gasteiger partial charge >= 0.3 is 12.0 Å². The maximum Gasteiger partial charge on any atom is 0.323 e. The summed E-state index contributed by atoms with van der Waals surface area (Å²) in [4.78, 5) is 23.6. The van der Waals surface area contributed by atoms with E-state index >= 15 is 0 Å². The van der Waals surface area contributed by atoms with E-state index in [4.69, 9.17) is 5.11 Å². The summed E-state index contributed by atoms with van der Waals surface area (Å²) in [6.45, 7) is 3.25. The molecule has 0 aliphatic rings. The van der Waals surface area contributed by atoms with Gasteiger partial charge in [0.2, 0.25) is 0 Å². The van der Waals surface area contributed by atoms with Crippen molar-refractivity contribution in [2.24, 2.45) is 0 Å². The Morgan fingerprint density at radius 2 is 2.25 bits per heavy atom. The molecule has 0 aliphatic carbocycles. The number of nitrogens with one attached hydrogen (secondary N) is 1. The molecule has 0 aliphatic heterocycles. The molecule has 2 N–H and O–H groups in total. The number of amides is 2. The molecule has 88 valence electrons. The number of nitrogens with zero attached hydrogens (tertiary/aromatic N) is 1. The van der Waals surface area contributed by atoms with Gasteiger partial charge in [-0.25, -0.2) is 4.79 Å². The molecule has 1 aromatic heterocycles. The van der Waals surface area contributed by atoms with Crippen molar-refractivity contribution in [3.05, 3.63) is 16.8 Å². The van der Waals surface area contributed by atoms with Crippen LogP contribution in [0.1, 0.15) is 13.8 Å². The first-order valence-electron chi connectivity index (χ1n) is 4.82. The van der Waals surface area contributed by atoms with Gasteiger partial charge in [0.25, 0.3) is 0 Å². The number of hydrogen-bond acceptors (Lipinski definition) is 3. The van der Waals surface area contributed by atoms with Crippen molar-refractivity contribution in [3.8, 4) is 0 Å². The Hall–Kier alpha value is -1.56. The first-order chi connectivity index (χ1) is 7.50. The molecule has 16 heavy (non-hydrogen) atoms. The Bertz CT molecular complexity index is 362. The lowest BCUT2D eigenvalue weighted by Crippen LogP contribution is -2.43. The molecule has 0 saturated heterocycles. The predicted molar refractivity (Wildman–Crippen MR) is 62.8 cm³/mol. The first kappa shape index (κ1) is 12.5. The van der Waals surface area contributed by atoms with Crippen molar-refractivity contribution in [1.29, 1.82) is 0 Å². The van der Waals surface area contributed by atoms with Crippen molar-refractivity contribution >= 4 is 29.0 Å². The maximum absolute atomic E-state index is 11.7. The van der Waals surface area contributed by atoms with Crippen LogP contribution in [0.5, 0.6) is 0 Å². The molecule has 0 fully saturated rings. The zero-order valence-corrected chi connectivity index (χ0v) is 9.95. The Balaban J connectivity index is 2.64. The zero-order chi connectivity index (χ0) is 12.1. The molecular weight excluding hydrogens is 228 g/mol. The van der Waals surface area contributed by atoms with Crippen molar-refractivity contribution in [3.63, 3.8) is 0 Å². The SMILES string of the molecule is CC(C)N(CC(=O)O)C(=O)Nc1ccsc1. The van der Waals surface area contributed by atoms with Crippen LogP contribution in [0.2, 0.25) is 0 Å². The van der Waals surface area contributed by atoms with Gasteiger partial charge in [0.05, 0.1) is 5.69 Å². The summed E-state index contributed by atoms with van der Waals surface area (Å²) in [6.07, 6.45) is 0. The lowest BCUT2D eigenvalue weighted by molar-refractivity contribution is -0.137. The summed E-state index contributed by atoms with van der Waals surface area (Å²) in [5.74, 6) is -1.02. The Labute approximate surface area is 97.7 Å². The molecular formula is C10H14N2O3S. The van der Waals surface area contributed by atoms with Crippen LogP contribution in [0.4, 0.5) is 10.5 Å². The Morgan fingerprint density at radius 1 is 1.56 bits per heavy atom. The number of anilines is 1. The van der Waals surface area contributed by atoms with E-state index in [0.29, 0.717) is 5.69 Å². The van der Waals surface area contributed by atoms with Crippen LogP contribution >= 0.6 is 11.3 Å². The predicted octanol–water partition coefficient (Wildman–Crippen LogP) is 2.08. The lowest BCUT2D eigenvalue weighted by Gasteiger charge is -2.24. The molecule has 0 radical (unpaired) electrons. The van der Waals surface area contributed by atoms with Crippen LogP contribution < -0.4 is 5.32 Å². The topological polar surface area (TPSA) is 69.6 Å². The van der Waals surface area contributed by atoms with Crippen molar-refractivity contribution < 1.29 is 14.7 Å². The van der Waals surface area contributed by atoms with Gasteiger partial charge in [0, 0.05) is 11.4 Å². The number of aliphatic carboxylic acids is 1. The van der Waals surface area contributed by atoms with Gasteiger partial charge in [-0.15, -0.1) is 0 Å². The molecule has 0 atom stereocenters. The van der Waals surface area contributed by atoms with E-state index in [1.54, 1.807) is 25.3 Å². The maximum atomic E-state index is 11.7. The fourth-order valence-corrected chi connectivity index (χ4v) is 1.75. The number of urea groups is 1. The number of carbonyl (C=O) groups excluding carboxylic acids is 1. The molecule has 5 nitrogen and oxygen atoms in total. The molecule has 0 bridgehead atoms. The molecule has 1 aromatic rings. The minimum absolute atomic E-state index is 0.158. The average molecular weight is 242 g/mol. The Kier molecular flexibility index (Phi) is 4.30. The number of carboxylic acids is 1. The Morgan fingerprint density at radius 3 is 2.69 bits per heavy atom. The molecule has 0 aromatic carbocycles. The fraction of sp³-hybridized carbons (Fsp3) is 0.400. The largest absolute Gasteiger partial charge is 0.480 e. The number of rotatable bonds is 4. The van der Waals surface area contributed by atoms with Crippen molar-refractivity contribution in [2.75, 3.05) is 11.9 Å². The average Bonchev–Trinajstić information content (AvgIpc) is 2.65. The van der Waals surface area contributed by atoms with E-state index in [-0.39, 0.29) is 12.6 Å². The van der Waals surface area contributed by atoms with Gasteiger partial charge in [0.15, 0.2) is 0 Å². The normalized spacial score (nSPS) is 10.2. The number of carboxylic acid groups (broad SMARTS) is 1. The summed E-state index contributed by atoms with van der Waals surface area (Å²) >= 11 is 1.47. The molecule has 1 rings (SSSR count). The van der Waals surface area contributed by atoms with E-state index in [1.807, 2.05) is 5.38 Å². The zero-order valence-electron chi connectivity index (χ0n) is 9.14. The minimum atomic E-state index is -1.02. The van der Waals surface area contributed by atoms with Gasteiger partial charge in [-0.1, -0.05) is 0 Å². The third kappa shape index (κ3) is 3.54. The number of carbonyl (C=O) groups is 2. The van der Waals surface area contributed by atoms with Gasteiger partial charge in [-0.05, 0) is 25.3 Å². The van der Waals surface area contributed by atoms with E-state index < -0.39 is 12.0 Å². The molecule has 0 spiro atoms. The highest BCUT2D eigenvalue weighted by atomic mass is 32.1. The first-order valence-corrected chi connectivity index (χ1v) is 5.76. The van der Waals surface area contributed by atoms with Gasteiger partial charge < -0.3 is 15.3 Å².